The van der Waals surface area contributed by atoms with Crippen LogP contribution >= 0.6 is 23.8 Å². The zero-order valence-corrected chi connectivity index (χ0v) is 11.3. The van der Waals surface area contributed by atoms with E-state index in [1.165, 1.54) is 0 Å². The molecule has 0 radical (unpaired) electrons. The maximum absolute atomic E-state index is 6.06. The van der Waals surface area contributed by atoms with Gasteiger partial charge < -0.3 is 11.1 Å². The molecule has 0 saturated carbocycles. The SMILES string of the molecule is Cc1c(Cl)cccc1Nc1ccc(C(N)=S)nc1. The molecule has 0 atom stereocenters. The van der Waals surface area contributed by atoms with Crippen LogP contribution in [0, 0.1) is 6.92 Å². The van der Waals surface area contributed by atoms with E-state index in [1.54, 1.807) is 12.3 Å². The van der Waals surface area contributed by atoms with E-state index in [0.717, 1.165) is 22.0 Å². The number of nitrogens with two attached hydrogens (primary N) is 1. The van der Waals surface area contributed by atoms with Crippen molar-refractivity contribution in [2.75, 3.05) is 5.32 Å². The molecule has 18 heavy (non-hydrogen) atoms. The van der Waals surface area contributed by atoms with E-state index in [4.69, 9.17) is 29.6 Å². The van der Waals surface area contributed by atoms with Crippen LogP contribution in [0.2, 0.25) is 5.02 Å². The fourth-order valence-corrected chi connectivity index (χ4v) is 1.81. The number of hydrogen-bond donors (Lipinski definition) is 2. The van der Waals surface area contributed by atoms with Gasteiger partial charge in [-0.15, -0.1) is 0 Å². The minimum Gasteiger partial charge on any atom is -0.388 e. The van der Waals surface area contributed by atoms with Crippen molar-refractivity contribution in [3.05, 3.63) is 52.8 Å². The van der Waals surface area contributed by atoms with Gasteiger partial charge in [-0.05, 0) is 36.8 Å². The second-order valence-corrected chi connectivity index (χ2v) is 4.68. The highest BCUT2D eigenvalue weighted by molar-refractivity contribution is 7.80. The molecule has 0 amide bonds. The minimum absolute atomic E-state index is 0.292. The predicted molar refractivity (Wildman–Crippen MR) is 79.6 cm³/mol. The molecule has 2 aromatic rings. The molecule has 2 rings (SSSR count). The van der Waals surface area contributed by atoms with Gasteiger partial charge in [-0.3, -0.25) is 4.98 Å². The maximum atomic E-state index is 6.06. The molecule has 92 valence electrons. The summed E-state index contributed by atoms with van der Waals surface area (Å²) in [5.41, 5.74) is 8.91. The molecule has 0 aliphatic heterocycles. The van der Waals surface area contributed by atoms with E-state index in [9.17, 15) is 0 Å². The van der Waals surface area contributed by atoms with Gasteiger partial charge in [-0.2, -0.15) is 0 Å². The lowest BCUT2D eigenvalue weighted by molar-refractivity contribution is 1.28. The van der Waals surface area contributed by atoms with E-state index in [-0.39, 0.29) is 0 Å². The maximum Gasteiger partial charge on any atom is 0.122 e. The van der Waals surface area contributed by atoms with Crippen LogP contribution in [0.25, 0.3) is 0 Å². The molecule has 3 N–H and O–H groups in total. The van der Waals surface area contributed by atoms with E-state index < -0.39 is 0 Å². The number of aromatic nitrogens is 1. The number of benzene rings is 1. The molecule has 1 aromatic carbocycles. The Hall–Kier alpha value is -1.65. The highest BCUT2D eigenvalue weighted by Gasteiger charge is 2.03. The molecule has 0 spiro atoms. The molecule has 1 aromatic heterocycles. The zero-order valence-electron chi connectivity index (χ0n) is 9.77. The molecule has 5 heteroatoms. The first-order valence-corrected chi connectivity index (χ1v) is 6.14. The van der Waals surface area contributed by atoms with Crippen molar-refractivity contribution in [2.45, 2.75) is 6.92 Å². The third-order valence-corrected chi connectivity index (χ3v) is 3.18. The Kier molecular flexibility index (Phi) is 3.79. The molecule has 0 aliphatic rings. The molecule has 0 fully saturated rings. The first kappa shape index (κ1) is 12.8. The van der Waals surface area contributed by atoms with Gasteiger partial charge in [0.1, 0.15) is 4.99 Å². The third kappa shape index (κ3) is 2.78. The van der Waals surface area contributed by atoms with Gasteiger partial charge >= 0.3 is 0 Å². The molecular weight excluding hydrogens is 266 g/mol. The second-order valence-electron chi connectivity index (χ2n) is 3.83. The first-order chi connectivity index (χ1) is 8.58. The standard InChI is InChI=1S/C13H12ClN3S/c1-8-10(14)3-2-4-11(8)17-9-5-6-12(13(15)18)16-7-9/h2-7,17H,1H3,(H2,15,18). The lowest BCUT2D eigenvalue weighted by atomic mass is 10.2. The van der Waals surface area contributed by atoms with Gasteiger partial charge in [0.05, 0.1) is 17.6 Å². The average Bonchev–Trinajstić information content (AvgIpc) is 2.36. The fourth-order valence-electron chi connectivity index (χ4n) is 1.51. The van der Waals surface area contributed by atoms with E-state index in [0.29, 0.717) is 10.7 Å². The van der Waals surface area contributed by atoms with Gasteiger partial charge in [0.25, 0.3) is 0 Å². The van der Waals surface area contributed by atoms with Crippen molar-refractivity contribution in [3.8, 4) is 0 Å². The van der Waals surface area contributed by atoms with Gasteiger partial charge in [-0.25, -0.2) is 0 Å². The molecule has 3 nitrogen and oxygen atoms in total. The van der Waals surface area contributed by atoms with Crippen LogP contribution in [-0.4, -0.2) is 9.97 Å². The van der Waals surface area contributed by atoms with Crippen LogP contribution in [0.3, 0.4) is 0 Å². The van der Waals surface area contributed by atoms with Crippen molar-refractivity contribution < 1.29 is 0 Å². The smallest absolute Gasteiger partial charge is 0.122 e. The predicted octanol–water partition coefficient (Wildman–Crippen LogP) is 3.42. The number of nitrogens with zero attached hydrogens (tertiary/aromatic N) is 1. The number of nitrogens with one attached hydrogen (secondary N) is 1. The van der Waals surface area contributed by atoms with Crippen LogP contribution in [-0.2, 0) is 0 Å². The quantitative estimate of drug-likeness (QED) is 0.844. The summed E-state index contributed by atoms with van der Waals surface area (Å²) in [6, 6.07) is 9.37. The summed E-state index contributed by atoms with van der Waals surface area (Å²) in [6.07, 6.45) is 1.69. The molecule has 1 heterocycles. The fraction of sp³-hybridized carbons (Fsp3) is 0.0769. The van der Waals surface area contributed by atoms with Gasteiger partial charge in [0.15, 0.2) is 0 Å². The summed E-state index contributed by atoms with van der Waals surface area (Å²) in [6.45, 7) is 1.96. The average molecular weight is 278 g/mol. The Morgan fingerprint density at radius 1 is 1.33 bits per heavy atom. The number of halogens is 1. The second kappa shape index (κ2) is 5.33. The summed E-state index contributed by atoms with van der Waals surface area (Å²) in [5.74, 6) is 0. The molecular formula is C13H12ClN3S. The lowest BCUT2D eigenvalue weighted by Gasteiger charge is -2.10. The summed E-state index contributed by atoms with van der Waals surface area (Å²) >= 11 is 10.9. The van der Waals surface area contributed by atoms with E-state index in [2.05, 4.69) is 10.3 Å². The summed E-state index contributed by atoms with van der Waals surface area (Å²) in [4.78, 5) is 4.46. The zero-order chi connectivity index (χ0) is 13.1. The lowest BCUT2D eigenvalue weighted by Crippen LogP contribution is -2.11. The Bertz CT molecular complexity index is 581. The monoisotopic (exact) mass is 277 g/mol. The topological polar surface area (TPSA) is 50.9 Å². The Morgan fingerprint density at radius 2 is 2.11 bits per heavy atom. The van der Waals surface area contributed by atoms with Crippen molar-refractivity contribution in [2.24, 2.45) is 5.73 Å². The highest BCUT2D eigenvalue weighted by atomic mass is 35.5. The highest BCUT2D eigenvalue weighted by Crippen LogP contribution is 2.25. The number of pyridine rings is 1. The van der Waals surface area contributed by atoms with Crippen LogP contribution in [0.1, 0.15) is 11.3 Å². The minimum atomic E-state index is 0.292. The normalized spacial score (nSPS) is 10.1. The van der Waals surface area contributed by atoms with Gasteiger partial charge in [0, 0.05) is 10.7 Å². The molecule has 0 unspecified atom stereocenters. The number of hydrogen-bond acceptors (Lipinski definition) is 3. The van der Waals surface area contributed by atoms with E-state index in [1.807, 2.05) is 31.2 Å². The Labute approximate surface area is 116 Å². The summed E-state index contributed by atoms with van der Waals surface area (Å²) in [5, 5.41) is 3.98. The first-order valence-electron chi connectivity index (χ1n) is 5.36. The van der Waals surface area contributed by atoms with Crippen molar-refractivity contribution in [1.82, 2.24) is 4.98 Å². The molecule has 0 aliphatic carbocycles. The molecule has 0 bridgehead atoms. The van der Waals surface area contributed by atoms with Crippen molar-refractivity contribution >= 4 is 40.2 Å². The number of thiocarbonyl (C=S) groups is 1. The van der Waals surface area contributed by atoms with Crippen LogP contribution in [0.15, 0.2) is 36.5 Å². The van der Waals surface area contributed by atoms with Gasteiger partial charge in [0.2, 0.25) is 0 Å². The third-order valence-electron chi connectivity index (χ3n) is 2.56. The number of anilines is 2. The largest absolute Gasteiger partial charge is 0.388 e. The van der Waals surface area contributed by atoms with Crippen LogP contribution < -0.4 is 11.1 Å². The van der Waals surface area contributed by atoms with Crippen molar-refractivity contribution in [3.63, 3.8) is 0 Å². The summed E-state index contributed by atoms with van der Waals surface area (Å²) in [7, 11) is 0. The van der Waals surface area contributed by atoms with E-state index >= 15 is 0 Å². The van der Waals surface area contributed by atoms with Crippen LogP contribution in [0.4, 0.5) is 11.4 Å². The van der Waals surface area contributed by atoms with Gasteiger partial charge in [-0.1, -0.05) is 29.9 Å². The number of rotatable bonds is 3. The van der Waals surface area contributed by atoms with Crippen molar-refractivity contribution in [1.29, 1.82) is 0 Å². The van der Waals surface area contributed by atoms with Crippen LogP contribution in [0.5, 0.6) is 0 Å². The Morgan fingerprint density at radius 3 is 2.72 bits per heavy atom. The molecule has 0 saturated heterocycles. The summed E-state index contributed by atoms with van der Waals surface area (Å²) < 4.78 is 0. The Balaban J connectivity index is 2.24.